The number of likely N-dealkylation sites (tertiary alicyclic amines) is 1. The summed E-state index contributed by atoms with van der Waals surface area (Å²) in [5, 5.41) is 3.04. The highest BCUT2D eigenvalue weighted by Gasteiger charge is 2.36. The van der Waals surface area contributed by atoms with Gasteiger partial charge in [0.15, 0.2) is 0 Å². The van der Waals surface area contributed by atoms with Gasteiger partial charge in [0, 0.05) is 19.1 Å². The fourth-order valence-electron chi connectivity index (χ4n) is 3.92. The molecule has 0 aromatic heterocycles. The van der Waals surface area contributed by atoms with Gasteiger partial charge in [-0.15, -0.1) is 0 Å². The standard InChI is InChI=1S/C17H33N3O3S/c1-3-10-19-11-7-8-15(19)14-18-17(21)16-9-5-6-12-20(16)24(22,23)13-4-2/h15-16H,3-14H2,1-2H3,(H,18,21)/t15-,16-/m0/s1. The Morgan fingerprint density at radius 3 is 2.58 bits per heavy atom. The molecule has 0 aliphatic carbocycles. The van der Waals surface area contributed by atoms with Crippen LogP contribution in [-0.2, 0) is 14.8 Å². The molecule has 2 saturated heterocycles. The van der Waals surface area contributed by atoms with Crippen LogP contribution in [0.2, 0.25) is 0 Å². The Morgan fingerprint density at radius 1 is 1.08 bits per heavy atom. The molecule has 140 valence electrons. The summed E-state index contributed by atoms with van der Waals surface area (Å²) in [5.74, 6) is 0.0154. The van der Waals surface area contributed by atoms with Crippen LogP contribution in [0.15, 0.2) is 0 Å². The maximum Gasteiger partial charge on any atom is 0.238 e. The minimum atomic E-state index is -3.32. The maximum absolute atomic E-state index is 12.6. The molecule has 2 rings (SSSR count). The van der Waals surface area contributed by atoms with Crippen molar-refractivity contribution in [3.05, 3.63) is 0 Å². The first-order valence-corrected chi connectivity index (χ1v) is 11.1. The quantitative estimate of drug-likeness (QED) is 0.714. The second-order valence-electron chi connectivity index (χ2n) is 7.02. The van der Waals surface area contributed by atoms with Crippen molar-refractivity contribution in [2.45, 2.75) is 70.9 Å². The number of hydrogen-bond acceptors (Lipinski definition) is 4. The van der Waals surface area contributed by atoms with Crippen molar-refractivity contribution < 1.29 is 13.2 Å². The van der Waals surface area contributed by atoms with Crippen LogP contribution in [0.3, 0.4) is 0 Å². The highest BCUT2D eigenvalue weighted by Crippen LogP contribution is 2.22. The van der Waals surface area contributed by atoms with Gasteiger partial charge in [0.25, 0.3) is 0 Å². The van der Waals surface area contributed by atoms with E-state index >= 15 is 0 Å². The maximum atomic E-state index is 12.6. The summed E-state index contributed by atoms with van der Waals surface area (Å²) in [5.41, 5.74) is 0. The predicted octanol–water partition coefficient (Wildman–Crippen LogP) is 1.57. The van der Waals surface area contributed by atoms with Gasteiger partial charge in [-0.05, 0) is 51.6 Å². The SMILES string of the molecule is CCCN1CCC[C@H]1CNC(=O)[C@@H]1CCCCN1S(=O)(=O)CCC. The summed E-state index contributed by atoms with van der Waals surface area (Å²) in [6, 6.07) is -0.116. The molecule has 1 amide bonds. The summed E-state index contributed by atoms with van der Waals surface area (Å²) in [4.78, 5) is 15.1. The summed E-state index contributed by atoms with van der Waals surface area (Å²) in [7, 11) is -3.32. The normalized spacial score (nSPS) is 26.6. The summed E-state index contributed by atoms with van der Waals surface area (Å²) in [6.07, 6.45) is 6.40. The average Bonchev–Trinajstić information content (AvgIpc) is 3.00. The lowest BCUT2D eigenvalue weighted by molar-refractivity contribution is -0.125. The summed E-state index contributed by atoms with van der Waals surface area (Å²) in [6.45, 7) is 7.32. The molecule has 2 aliphatic rings. The summed E-state index contributed by atoms with van der Waals surface area (Å²) >= 11 is 0. The predicted molar refractivity (Wildman–Crippen MR) is 96.3 cm³/mol. The van der Waals surface area contributed by atoms with Crippen molar-refractivity contribution >= 4 is 15.9 Å². The average molecular weight is 360 g/mol. The van der Waals surface area contributed by atoms with Gasteiger partial charge in [-0.2, -0.15) is 4.31 Å². The van der Waals surface area contributed by atoms with E-state index in [0.29, 0.717) is 32.0 Å². The van der Waals surface area contributed by atoms with Crippen molar-refractivity contribution in [2.75, 3.05) is 31.9 Å². The molecule has 6 nitrogen and oxygen atoms in total. The smallest absolute Gasteiger partial charge is 0.238 e. The van der Waals surface area contributed by atoms with Crippen molar-refractivity contribution in [1.82, 2.24) is 14.5 Å². The molecular weight excluding hydrogens is 326 g/mol. The van der Waals surface area contributed by atoms with Crippen LogP contribution in [0.1, 0.15) is 58.8 Å². The van der Waals surface area contributed by atoms with Crippen molar-refractivity contribution in [3.63, 3.8) is 0 Å². The van der Waals surface area contributed by atoms with Gasteiger partial charge in [0.1, 0.15) is 6.04 Å². The molecule has 2 atom stereocenters. The van der Waals surface area contributed by atoms with Crippen LogP contribution in [0.25, 0.3) is 0 Å². The molecule has 1 N–H and O–H groups in total. The third kappa shape index (κ3) is 4.92. The number of nitrogens with one attached hydrogen (secondary N) is 1. The van der Waals surface area contributed by atoms with Crippen LogP contribution in [-0.4, -0.2) is 67.5 Å². The second kappa shape index (κ2) is 9.15. The number of rotatable bonds is 8. The fourth-order valence-corrected chi connectivity index (χ4v) is 5.67. The molecule has 0 bridgehead atoms. The minimum Gasteiger partial charge on any atom is -0.353 e. The molecule has 2 aliphatic heterocycles. The van der Waals surface area contributed by atoms with Crippen LogP contribution < -0.4 is 5.32 Å². The Balaban J connectivity index is 1.94. The third-order valence-corrected chi connectivity index (χ3v) is 7.17. The van der Waals surface area contributed by atoms with Gasteiger partial charge in [0.05, 0.1) is 5.75 Å². The van der Waals surface area contributed by atoms with E-state index in [1.165, 1.54) is 10.7 Å². The minimum absolute atomic E-state index is 0.113. The zero-order valence-electron chi connectivity index (χ0n) is 15.2. The number of carbonyl (C=O) groups excluding carboxylic acids is 1. The lowest BCUT2D eigenvalue weighted by atomic mass is 10.0. The molecule has 0 saturated carbocycles. The van der Waals surface area contributed by atoms with Gasteiger partial charge < -0.3 is 5.32 Å². The molecular formula is C17H33N3O3S. The summed E-state index contributed by atoms with van der Waals surface area (Å²) < 4.78 is 26.3. The van der Waals surface area contributed by atoms with E-state index in [0.717, 1.165) is 38.8 Å². The van der Waals surface area contributed by atoms with Gasteiger partial charge >= 0.3 is 0 Å². The zero-order chi connectivity index (χ0) is 17.6. The lowest BCUT2D eigenvalue weighted by Gasteiger charge is -2.34. The number of nitrogens with zero attached hydrogens (tertiary/aromatic N) is 2. The molecule has 2 heterocycles. The Labute approximate surface area is 147 Å². The van der Waals surface area contributed by atoms with Crippen molar-refractivity contribution in [1.29, 1.82) is 0 Å². The Hall–Kier alpha value is -0.660. The number of sulfonamides is 1. The molecule has 2 fully saturated rings. The van der Waals surface area contributed by atoms with Gasteiger partial charge in [-0.3, -0.25) is 9.69 Å². The highest BCUT2D eigenvalue weighted by atomic mass is 32.2. The van der Waals surface area contributed by atoms with Gasteiger partial charge in [-0.1, -0.05) is 20.3 Å². The Bertz CT molecular complexity index is 509. The Kier molecular flexibility index (Phi) is 7.50. The van der Waals surface area contributed by atoms with Gasteiger partial charge in [-0.25, -0.2) is 8.42 Å². The van der Waals surface area contributed by atoms with E-state index in [2.05, 4.69) is 17.1 Å². The molecule has 0 aromatic carbocycles. The van der Waals surface area contributed by atoms with Crippen molar-refractivity contribution in [3.8, 4) is 0 Å². The van der Waals surface area contributed by atoms with E-state index in [-0.39, 0.29) is 11.7 Å². The van der Waals surface area contributed by atoms with Crippen LogP contribution in [0.4, 0.5) is 0 Å². The zero-order valence-corrected chi connectivity index (χ0v) is 16.0. The molecule has 0 spiro atoms. The molecule has 24 heavy (non-hydrogen) atoms. The molecule has 0 unspecified atom stereocenters. The van der Waals surface area contributed by atoms with Crippen molar-refractivity contribution in [2.24, 2.45) is 0 Å². The Morgan fingerprint density at radius 2 is 1.88 bits per heavy atom. The van der Waals surface area contributed by atoms with Crippen LogP contribution >= 0.6 is 0 Å². The number of hydrogen-bond donors (Lipinski definition) is 1. The van der Waals surface area contributed by atoms with E-state index in [1.807, 2.05) is 6.92 Å². The first-order chi connectivity index (χ1) is 11.5. The monoisotopic (exact) mass is 359 g/mol. The lowest BCUT2D eigenvalue weighted by Crippen LogP contribution is -2.53. The number of amides is 1. The second-order valence-corrected chi connectivity index (χ2v) is 9.06. The van der Waals surface area contributed by atoms with Crippen LogP contribution in [0, 0.1) is 0 Å². The van der Waals surface area contributed by atoms with Gasteiger partial charge in [0.2, 0.25) is 15.9 Å². The topological polar surface area (TPSA) is 69.7 Å². The number of piperidine rings is 1. The molecule has 0 aromatic rings. The van der Waals surface area contributed by atoms with E-state index in [9.17, 15) is 13.2 Å². The highest BCUT2D eigenvalue weighted by molar-refractivity contribution is 7.89. The van der Waals surface area contributed by atoms with E-state index < -0.39 is 16.1 Å². The number of carbonyl (C=O) groups is 1. The third-order valence-electron chi connectivity index (χ3n) is 5.10. The first-order valence-electron chi connectivity index (χ1n) is 9.50. The molecule has 0 radical (unpaired) electrons. The van der Waals surface area contributed by atoms with E-state index in [1.54, 1.807) is 0 Å². The van der Waals surface area contributed by atoms with E-state index in [4.69, 9.17) is 0 Å². The molecule has 7 heteroatoms. The van der Waals surface area contributed by atoms with Crippen LogP contribution in [0.5, 0.6) is 0 Å². The fraction of sp³-hybridized carbons (Fsp3) is 0.941. The largest absolute Gasteiger partial charge is 0.353 e. The first kappa shape index (κ1) is 19.7.